The van der Waals surface area contributed by atoms with E-state index in [1.165, 1.54) is 25.3 Å². The molecule has 2 rings (SSSR count). The zero-order valence-corrected chi connectivity index (χ0v) is 25.8. The molecule has 0 saturated heterocycles. The quantitative estimate of drug-likeness (QED) is 0.159. The Labute approximate surface area is 229 Å². The largest absolute Gasteiger partial charge is 0.493 e. The van der Waals surface area contributed by atoms with E-state index in [0.29, 0.717) is 32.0 Å². The lowest BCUT2D eigenvalue weighted by Crippen LogP contribution is -2.38. The lowest BCUT2D eigenvalue weighted by molar-refractivity contribution is 0.144. The van der Waals surface area contributed by atoms with Gasteiger partial charge in [-0.3, -0.25) is 4.57 Å². The summed E-state index contributed by atoms with van der Waals surface area (Å²) in [7, 11) is -3.09. The molecule has 1 aliphatic heterocycles. The van der Waals surface area contributed by atoms with Crippen molar-refractivity contribution < 1.29 is 27.3 Å². The Morgan fingerprint density at radius 1 is 1.05 bits per heavy atom. The van der Waals surface area contributed by atoms with Crippen LogP contribution in [0.4, 0.5) is 8.78 Å². The van der Waals surface area contributed by atoms with Crippen LogP contribution >= 0.6 is 7.37 Å². The average molecular weight is 558 g/mol. The van der Waals surface area contributed by atoms with Crippen molar-refractivity contribution in [2.45, 2.75) is 129 Å². The normalized spacial score (nSPS) is 18.6. The average Bonchev–Trinajstić information content (AvgIpc) is 3.20. The molecule has 0 fully saturated rings. The van der Waals surface area contributed by atoms with Crippen LogP contribution in [0.1, 0.15) is 118 Å². The zero-order valence-electron chi connectivity index (χ0n) is 24.9. The van der Waals surface area contributed by atoms with Gasteiger partial charge in [0.2, 0.25) is 7.37 Å². The van der Waals surface area contributed by atoms with E-state index in [1.54, 1.807) is 13.0 Å². The molecule has 0 amide bonds. The number of aliphatic imine (C=N–C) groups is 1. The first-order valence-electron chi connectivity index (χ1n) is 14.1. The summed E-state index contributed by atoms with van der Waals surface area (Å²) in [5, 5.41) is -1.08. The standard InChI is InChI=1S/C30H50F2NO4P/c1-9-10-11-12-13-14-19-35-26-16-15-24(20-25(26)27(31)32)17-18-30(21-36-23(2)33-30)22-37-38(34,28(3,4)5)29(6,7)8/h15-16,20,27H,9-14,17-19,21-22H2,1-8H3. The fraction of sp³-hybridized carbons (Fsp3) is 0.767. The number of hydrogen-bond donors (Lipinski definition) is 0. The van der Waals surface area contributed by atoms with Gasteiger partial charge in [-0.2, -0.15) is 0 Å². The second-order valence-corrected chi connectivity index (χ2v) is 16.6. The number of alkyl halides is 2. The van der Waals surface area contributed by atoms with Gasteiger partial charge in [-0.25, -0.2) is 13.8 Å². The van der Waals surface area contributed by atoms with Crippen LogP contribution in [-0.2, 0) is 20.2 Å². The predicted octanol–water partition coefficient (Wildman–Crippen LogP) is 9.38. The highest BCUT2D eigenvalue weighted by Gasteiger charge is 2.49. The first kappa shape index (κ1) is 32.8. The Kier molecular flexibility index (Phi) is 11.8. The number of nitrogens with zero attached hydrogens (tertiary/aromatic N) is 1. The van der Waals surface area contributed by atoms with Gasteiger partial charge in [0, 0.05) is 17.2 Å². The minimum Gasteiger partial charge on any atom is -0.493 e. The molecular weight excluding hydrogens is 507 g/mol. The minimum absolute atomic E-state index is 0.0777. The monoisotopic (exact) mass is 557 g/mol. The summed E-state index contributed by atoms with van der Waals surface area (Å²) in [6.07, 6.45) is 5.11. The van der Waals surface area contributed by atoms with Crippen molar-refractivity contribution in [2.75, 3.05) is 19.8 Å². The summed E-state index contributed by atoms with van der Waals surface area (Å²) >= 11 is 0. The van der Waals surface area contributed by atoms with Crippen LogP contribution in [0.2, 0.25) is 0 Å². The summed E-state index contributed by atoms with van der Waals surface area (Å²) in [4.78, 5) is 4.73. The first-order chi connectivity index (χ1) is 17.6. The molecule has 8 heteroatoms. The maximum atomic E-state index is 14.0. The van der Waals surface area contributed by atoms with Gasteiger partial charge >= 0.3 is 0 Å². The molecule has 5 nitrogen and oxygen atoms in total. The third-order valence-corrected chi connectivity index (χ3v) is 11.2. The number of unbranched alkanes of at least 4 members (excludes halogenated alkanes) is 5. The van der Waals surface area contributed by atoms with Crippen LogP contribution in [0.5, 0.6) is 5.75 Å². The van der Waals surface area contributed by atoms with Gasteiger partial charge in [-0.1, -0.05) is 86.6 Å². The topological polar surface area (TPSA) is 57.1 Å². The Balaban J connectivity index is 2.09. The molecular formula is C30H50F2NO4P. The lowest BCUT2D eigenvalue weighted by Gasteiger charge is -2.41. The van der Waals surface area contributed by atoms with Crippen molar-refractivity contribution in [1.29, 1.82) is 0 Å². The number of aryl methyl sites for hydroxylation is 1. The Hall–Kier alpha value is -1.46. The van der Waals surface area contributed by atoms with E-state index in [9.17, 15) is 13.3 Å². The van der Waals surface area contributed by atoms with Crippen molar-refractivity contribution in [3.8, 4) is 5.75 Å². The van der Waals surface area contributed by atoms with Crippen molar-refractivity contribution >= 4 is 13.3 Å². The number of rotatable bonds is 15. The molecule has 218 valence electrons. The van der Waals surface area contributed by atoms with Gasteiger partial charge in [0.1, 0.15) is 17.9 Å². The van der Waals surface area contributed by atoms with E-state index in [0.717, 1.165) is 24.8 Å². The minimum atomic E-state index is -3.09. The molecule has 1 heterocycles. The number of benzene rings is 1. The number of ether oxygens (including phenoxy) is 2. The van der Waals surface area contributed by atoms with Crippen molar-refractivity contribution in [3.63, 3.8) is 0 Å². The lowest BCUT2D eigenvalue weighted by atomic mass is 9.93. The van der Waals surface area contributed by atoms with Gasteiger partial charge in [0.25, 0.3) is 6.43 Å². The molecule has 1 aromatic rings. The molecule has 0 aromatic heterocycles. The van der Waals surface area contributed by atoms with Crippen LogP contribution in [0.15, 0.2) is 23.2 Å². The van der Waals surface area contributed by atoms with Crippen molar-refractivity contribution in [2.24, 2.45) is 4.99 Å². The van der Waals surface area contributed by atoms with Crippen LogP contribution < -0.4 is 4.74 Å². The van der Waals surface area contributed by atoms with Gasteiger partial charge < -0.3 is 14.0 Å². The van der Waals surface area contributed by atoms with Crippen molar-refractivity contribution in [1.82, 2.24) is 0 Å². The van der Waals surface area contributed by atoms with Crippen LogP contribution in [-0.4, -0.2) is 41.6 Å². The van der Waals surface area contributed by atoms with Crippen LogP contribution in [0.25, 0.3) is 0 Å². The molecule has 1 aliphatic rings. The SMILES string of the molecule is CCCCCCCCOc1ccc(CCC2(COP(=O)(C(C)(C)C)C(C)(C)C)COC(C)=N2)cc1C(F)F. The van der Waals surface area contributed by atoms with E-state index < -0.39 is 29.6 Å². The summed E-state index contributed by atoms with van der Waals surface area (Å²) < 4.78 is 59.5. The maximum absolute atomic E-state index is 14.0. The molecule has 0 bridgehead atoms. The molecule has 0 spiro atoms. The maximum Gasteiger partial charge on any atom is 0.267 e. The summed E-state index contributed by atoms with van der Waals surface area (Å²) in [5.74, 6) is 0.811. The molecule has 1 atom stereocenters. The summed E-state index contributed by atoms with van der Waals surface area (Å²) in [6, 6.07) is 5.04. The van der Waals surface area contributed by atoms with E-state index in [-0.39, 0.29) is 17.9 Å². The van der Waals surface area contributed by atoms with E-state index in [1.807, 2.05) is 47.6 Å². The second kappa shape index (κ2) is 13.7. The third kappa shape index (κ3) is 8.78. The predicted molar refractivity (Wildman–Crippen MR) is 153 cm³/mol. The fourth-order valence-electron chi connectivity index (χ4n) is 5.01. The van der Waals surface area contributed by atoms with Gasteiger partial charge in [-0.15, -0.1) is 0 Å². The van der Waals surface area contributed by atoms with Gasteiger partial charge in [0.15, 0.2) is 5.90 Å². The Morgan fingerprint density at radius 3 is 2.24 bits per heavy atom. The summed E-state index contributed by atoms with van der Waals surface area (Å²) in [6.45, 7) is 16.5. The third-order valence-electron chi connectivity index (χ3n) is 7.17. The van der Waals surface area contributed by atoms with Crippen molar-refractivity contribution in [3.05, 3.63) is 29.3 Å². The Bertz CT molecular complexity index is 950. The molecule has 38 heavy (non-hydrogen) atoms. The summed E-state index contributed by atoms with van der Waals surface area (Å²) in [5.41, 5.74) is -0.0129. The van der Waals surface area contributed by atoms with Crippen LogP contribution in [0, 0.1) is 0 Å². The smallest absolute Gasteiger partial charge is 0.267 e. The molecule has 1 unspecified atom stereocenters. The zero-order chi connectivity index (χ0) is 28.6. The second-order valence-electron chi connectivity index (χ2n) is 12.6. The highest BCUT2D eigenvalue weighted by molar-refractivity contribution is 7.62. The van der Waals surface area contributed by atoms with Gasteiger partial charge in [-0.05, 0) is 37.0 Å². The van der Waals surface area contributed by atoms with Gasteiger partial charge in [0.05, 0.1) is 18.8 Å². The number of hydrogen-bond acceptors (Lipinski definition) is 5. The van der Waals surface area contributed by atoms with E-state index in [4.69, 9.17) is 19.0 Å². The van der Waals surface area contributed by atoms with E-state index >= 15 is 0 Å². The highest BCUT2D eigenvalue weighted by Crippen LogP contribution is 2.67. The first-order valence-corrected chi connectivity index (χ1v) is 15.7. The number of halogens is 2. The van der Waals surface area contributed by atoms with E-state index in [2.05, 4.69) is 6.92 Å². The highest BCUT2D eigenvalue weighted by atomic mass is 31.2. The molecule has 0 radical (unpaired) electrons. The molecule has 0 aliphatic carbocycles. The molecule has 0 saturated carbocycles. The molecule has 1 aromatic carbocycles. The van der Waals surface area contributed by atoms with Crippen LogP contribution in [0.3, 0.4) is 0 Å². The Morgan fingerprint density at radius 2 is 1.68 bits per heavy atom. The fourth-order valence-corrected chi connectivity index (χ4v) is 8.22. The molecule has 0 N–H and O–H groups in total.